The number of hydrogen-bond donors (Lipinski definition) is 10. The molecule has 2 fully saturated rings. The Labute approximate surface area is 777 Å². The summed E-state index contributed by atoms with van der Waals surface area (Å²) in [7, 11) is 0. The molecule has 14 heterocycles. The Morgan fingerprint density at radius 2 is 0.765 bits per heavy atom. The van der Waals surface area contributed by atoms with Gasteiger partial charge in [-0.15, -0.1) is 82.2 Å². The highest BCUT2D eigenvalue weighted by Crippen LogP contribution is 2.41. The van der Waals surface area contributed by atoms with E-state index in [-0.39, 0.29) is 47.8 Å². The third-order valence-corrected chi connectivity index (χ3v) is 28.4. The molecule has 15 N–H and O–H groups in total. The number of anilines is 6. The minimum absolute atomic E-state index is 0.0663. The molecule has 132 heavy (non-hydrogen) atoms. The van der Waals surface area contributed by atoms with Crippen molar-refractivity contribution in [1.82, 2.24) is 92.4 Å². The second-order valence-electron chi connectivity index (χ2n) is 31.8. The van der Waals surface area contributed by atoms with Gasteiger partial charge >= 0.3 is 6.09 Å². The average molecular weight is 1870 g/mol. The van der Waals surface area contributed by atoms with Gasteiger partial charge in [-0.05, 0) is 192 Å². The molecule has 18 rings (SSSR count). The average Bonchev–Trinajstić information content (AvgIpc) is 1.67. The summed E-state index contributed by atoms with van der Waals surface area (Å²) in [4.78, 5) is 92.7. The van der Waals surface area contributed by atoms with Crippen LogP contribution < -0.4 is 64.9 Å². The zero-order valence-corrected chi connectivity index (χ0v) is 78.6. The van der Waals surface area contributed by atoms with Gasteiger partial charge in [0.1, 0.15) is 65.9 Å². The molecule has 12 aromatic heterocycles. The summed E-state index contributed by atoms with van der Waals surface area (Å²) in [6.45, 7) is 27.8. The van der Waals surface area contributed by atoms with E-state index in [1.807, 2.05) is 167 Å². The van der Waals surface area contributed by atoms with E-state index in [0.29, 0.717) is 120 Å². The number of rotatable bonds is 18. The van der Waals surface area contributed by atoms with Crippen LogP contribution in [0.4, 0.5) is 47.7 Å². The number of carbonyl (C=O) groups excluding carboxylic acids is 6. The number of carbonyl (C=O) groups is 6. The number of pyridine rings is 2. The molecule has 6 amide bonds. The van der Waals surface area contributed by atoms with E-state index in [1.165, 1.54) is 63.9 Å². The lowest BCUT2D eigenvalue weighted by Crippen LogP contribution is -2.61. The van der Waals surface area contributed by atoms with Gasteiger partial charge in [0.25, 0.3) is 29.5 Å². The number of nitrogens with two attached hydrogens (primary N) is 5. The van der Waals surface area contributed by atoms with Crippen LogP contribution in [0.5, 0.6) is 5.75 Å². The summed E-state index contributed by atoms with van der Waals surface area (Å²) in [5.74, 6) is -2.01. The molecule has 0 unspecified atom stereocenters. The zero-order chi connectivity index (χ0) is 94.2. The highest BCUT2D eigenvalue weighted by Gasteiger charge is 2.36. The first-order chi connectivity index (χ1) is 63.2. The van der Waals surface area contributed by atoms with E-state index in [0.717, 1.165) is 155 Å². The standard InChI is InChI=1S/C21H23N5O3S.C21H19N5OS.C18H20N4OS.C17H16F2N4OS.C17H18N6OS/c1-4-13-6-5-7-15(8-13)29-21(28)26-9-14(10-26)23-19(27)18-17(22)16-11(2)12(3)24-25-20(16)30-18;1-12-13(2)25-26-21-17(12)18(22)19(28-21)20(27)24-10-14-5-7-15(8-6-14)16-4-3-9-23-11-16;1-4-12-5-7-13(8-6-12)9-20-17(23)16-15(19)14-10(2)11(3)21-22-18(14)24-16;1-7-4-10(12(19)5-11(7)18)6-21-16(24)15-14(20)13-8(2)9(3)22-23-17(13)25-15;1-9-10(2)21-22-17-13(9)14(18)15(25-17)16(24)20-11-7-23(8-11)12-4-3-5-19-6-12/h5-8,14H,4,9-10,22H2,1-3H3,(H,23,27);3-9,11H,10,22H2,1-2H3,(H,24,27);5-8H,4,9,19H2,1-3H3,(H,20,23);4-5H,6,20H2,1-3H3,(H,21,24);3-6,11H,7-8,18H2,1-2H3,(H,20,24). The molecule has 31 nitrogen and oxygen atoms in total. The van der Waals surface area contributed by atoms with E-state index >= 15 is 0 Å². The van der Waals surface area contributed by atoms with E-state index in [4.69, 9.17) is 33.4 Å². The van der Waals surface area contributed by atoms with Crippen molar-refractivity contribution in [2.24, 2.45) is 0 Å². The van der Waals surface area contributed by atoms with Gasteiger partial charge in [-0.1, -0.05) is 80.6 Å². The lowest BCUT2D eigenvalue weighted by atomic mass is 10.1. The Kier molecular flexibility index (Phi) is 29.0. The predicted molar refractivity (Wildman–Crippen MR) is 519 cm³/mol. The SMILES string of the molecule is CCc1ccc(CNC(=O)c2sc3nnc(C)c(C)c3c2N)cc1.CCc1cccc(OC(=O)N2CC(NC(=O)c3sc4nnc(C)c(C)c4c3N)C2)c1.Cc1cc(CNC(=O)c2sc3nnc(C)c(C)c3c2N)c(F)cc1F.Cc1nnc2sc(C(=O)NC3CN(c4cccnc4)C3)c(N)c2c1C.Cc1nnc2sc(C(=O)NCc3ccc(-c4cccnc4)cc3)c(N)c2c1C. The number of aryl methyl sites for hydroxylation is 13. The largest absolute Gasteiger partial charge is 0.415 e. The molecule has 38 heteroatoms. The molecular formula is C94H96F2N24O7S5. The number of nitrogens with one attached hydrogen (secondary N) is 5. The van der Waals surface area contributed by atoms with Crippen molar-refractivity contribution in [2.75, 3.05) is 59.7 Å². The zero-order valence-electron chi connectivity index (χ0n) is 74.5. The van der Waals surface area contributed by atoms with Gasteiger partial charge in [0.15, 0.2) is 0 Å². The van der Waals surface area contributed by atoms with Crippen LogP contribution in [-0.4, -0.2) is 140 Å². The van der Waals surface area contributed by atoms with Crippen LogP contribution in [0.1, 0.15) is 152 Å². The minimum Gasteiger partial charge on any atom is -0.410 e. The number of amides is 6. The van der Waals surface area contributed by atoms with Crippen molar-refractivity contribution < 1.29 is 42.3 Å². The highest BCUT2D eigenvalue weighted by atomic mass is 32.1. The van der Waals surface area contributed by atoms with Crippen LogP contribution in [0, 0.1) is 87.8 Å². The number of nitrogens with zero attached hydrogens (tertiary/aromatic N) is 14. The van der Waals surface area contributed by atoms with Crippen molar-refractivity contribution in [3.8, 4) is 16.9 Å². The molecule has 2 aliphatic rings. The van der Waals surface area contributed by atoms with E-state index in [9.17, 15) is 37.5 Å². The summed E-state index contributed by atoms with van der Waals surface area (Å²) < 4.78 is 32.5. The van der Waals surface area contributed by atoms with Gasteiger partial charge in [-0.2, -0.15) is 25.5 Å². The van der Waals surface area contributed by atoms with Crippen LogP contribution >= 0.6 is 56.7 Å². The van der Waals surface area contributed by atoms with E-state index in [1.54, 1.807) is 23.4 Å². The van der Waals surface area contributed by atoms with Crippen molar-refractivity contribution in [3.63, 3.8) is 0 Å². The number of thiophene rings is 5. The number of benzene rings is 4. The minimum atomic E-state index is -0.704. The Hall–Kier alpha value is -14.3. The molecule has 678 valence electrons. The Balaban J connectivity index is 0.000000133. The molecule has 16 aromatic rings. The first kappa shape index (κ1) is 93.8. The van der Waals surface area contributed by atoms with Crippen LogP contribution in [0.25, 0.3) is 62.2 Å². The number of ether oxygens (including phenoxy) is 1. The van der Waals surface area contributed by atoms with E-state index in [2.05, 4.69) is 111 Å². The number of halogens is 2. The van der Waals surface area contributed by atoms with Crippen LogP contribution in [0.2, 0.25) is 0 Å². The van der Waals surface area contributed by atoms with Crippen LogP contribution in [-0.2, 0) is 32.5 Å². The van der Waals surface area contributed by atoms with Crippen LogP contribution in [0.15, 0.2) is 134 Å². The molecule has 0 spiro atoms. The Morgan fingerprint density at radius 1 is 0.394 bits per heavy atom. The van der Waals surface area contributed by atoms with Crippen molar-refractivity contribution >= 4 is 178 Å². The van der Waals surface area contributed by atoms with Gasteiger partial charge in [-0.3, -0.25) is 33.9 Å². The Bertz CT molecular complexity index is 7080. The topological polar surface area (TPSA) is 463 Å². The maximum atomic E-state index is 13.8. The predicted octanol–water partition coefficient (Wildman–Crippen LogP) is 15.6. The molecule has 0 radical (unpaired) electrons. The van der Waals surface area contributed by atoms with Crippen molar-refractivity contribution in [3.05, 3.63) is 260 Å². The first-order valence-electron chi connectivity index (χ1n) is 42.0. The van der Waals surface area contributed by atoms with Gasteiger partial charge < -0.3 is 69.8 Å². The van der Waals surface area contributed by atoms with Gasteiger partial charge in [0, 0.05) is 103 Å². The quantitative estimate of drug-likeness (QED) is 0.0381. The molecule has 0 atom stereocenters. The second-order valence-corrected chi connectivity index (χ2v) is 36.8. The Morgan fingerprint density at radius 3 is 1.15 bits per heavy atom. The fourth-order valence-corrected chi connectivity index (χ4v) is 19.5. The lowest BCUT2D eigenvalue weighted by Gasteiger charge is -2.41. The van der Waals surface area contributed by atoms with Gasteiger partial charge in [0.2, 0.25) is 0 Å². The normalized spacial score (nSPS) is 12.3. The number of hydrogen-bond acceptors (Lipinski definition) is 30. The maximum absolute atomic E-state index is 13.8. The molecular weight excluding hydrogens is 1780 g/mol. The number of fused-ring (bicyclic) bond motifs is 5. The molecule has 4 aromatic carbocycles. The summed E-state index contributed by atoms with van der Waals surface area (Å²) in [5.41, 5.74) is 50.1. The third-order valence-electron chi connectivity index (χ3n) is 23.0. The smallest absolute Gasteiger partial charge is 0.410 e. The van der Waals surface area contributed by atoms with Crippen LogP contribution in [0.3, 0.4) is 0 Å². The fourth-order valence-electron chi connectivity index (χ4n) is 14.5. The van der Waals surface area contributed by atoms with Crippen molar-refractivity contribution in [2.45, 2.75) is 135 Å². The molecule has 0 saturated carbocycles. The molecule has 2 aliphatic heterocycles. The third kappa shape index (κ3) is 20.6. The monoisotopic (exact) mass is 1870 g/mol. The molecule has 2 saturated heterocycles. The molecule has 0 aliphatic carbocycles. The summed E-state index contributed by atoms with van der Waals surface area (Å²) in [6.07, 6.45) is 8.61. The van der Waals surface area contributed by atoms with E-state index < -0.39 is 23.6 Å². The lowest BCUT2D eigenvalue weighted by molar-refractivity contribution is 0.0792. The first-order valence-corrected chi connectivity index (χ1v) is 46.1. The molecule has 0 bridgehead atoms. The fraction of sp³-hybridized carbons (Fsp3) is 0.255. The summed E-state index contributed by atoms with van der Waals surface area (Å²) in [6, 6.07) is 33.7. The van der Waals surface area contributed by atoms with Gasteiger partial charge in [0.05, 0.1) is 80.9 Å². The maximum Gasteiger partial charge on any atom is 0.415 e. The van der Waals surface area contributed by atoms with Crippen molar-refractivity contribution in [1.29, 1.82) is 0 Å². The number of nitrogen functional groups attached to an aromatic ring is 5. The van der Waals surface area contributed by atoms with Gasteiger partial charge in [-0.25, -0.2) is 13.6 Å². The highest BCUT2D eigenvalue weighted by molar-refractivity contribution is 7.23. The number of aromatic nitrogens is 12. The summed E-state index contributed by atoms with van der Waals surface area (Å²) >= 11 is 6.22. The summed E-state index contributed by atoms with van der Waals surface area (Å²) in [5, 5.41) is 59.6. The number of likely N-dealkylation sites (tertiary alicyclic amines) is 1. The second kappa shape index (κ2) is 40.8.